The first-order valence-electron chi connectivity index (χ1n) is 7.47. The van der Waals surface area contributed by atoms with Gasteiger partial charge in [-0.25, -0.2) is 9.37 Å². The van der Waals surface area contributed by atoms with Crippen molar-refractivity contribution in [3.8, 4) is 17.4 Å². The molecule has 5 heteroatoms. The lowest BCUT2D eigenvalue weighted by Gasteiger charge is -2.06. The van der Waals surface area contributed by atoms with Gasteiger partial charge in [0.15, 0.2) is 5.76 Å². The molecule has 3 nitrogen and oxygen atoms in total. The Morgan fingerprint density at radius 2 is 1.88 bits per heavy atom. The first kappa shape index (κ1) is 16.3. The molecule has 0 saturated heterocycles. The summed E-state index contributed by atoms with van der Waals surface area (Å²) in [7, 11) is 0. The molecule has 0 saturated carbocycles. The van der Waals surface area contributed by atoms with Gasteiger partial charge in [0.1, 0.15) is 11.1 Å². The van der Waals surface area contributed by atoms with Crippen LogP contribution in [0, 0.1) is 24.1 Å². The van der Waals surface area contributed by atoms with Crippen LogP contribution in [0.2, 0.25) is 0 Å². The van der Waals surface area contributed by atoms with Crippen molar-refractivity contribution >= 4 is 11.8 Å². The molecule has 0 N–H and O–H groups in total. The zero-order valence-corrected chi connectivity index (χ0v) is 13.9. The lowest BCUT2D eigenvalue weighted by Crippen LogP contribution is -2.03. The fourth-order valence-electron chi connectivity index (χ4n) is 2.23. The molecule has 3 aromatic rings. The van der Waals surface area contributed by atoms with E-state index in [0.29, 0.717) is 17.4 Å². The highest BCUT2D eigenvalue weighted by atomic mass is 32.2. The van der Waals surface area contributed by atoms with Gasteiger partial charge in [-0.15, -0.1) is 0 Å². The number of hydrogen-bond acceptors (Lipinski definition) is 4. The summed E-state index contributed by atoms with van der Waals surface area (Å²) < 4.78 is 18.6. The Bertz CT molecular complexity index is 850. The van der Waals surface area contributed by atoms with Crippen molar-refractivity contribution in [3.05, 3.63) is 71.7 Å². The fourth-order valence-corrected chi connectivity index (χ4v) is 3.06. The van der Waals surface area contributed by atoms with Gasteiger partial charge in [0.25, 0.3) is 5.22 Å². The second-order valence-corrected chi connectivity index (χ2v) is 6.58. The molecule has 0 spiro atoms. The molecule has 1 unspecified atom stereocenters. The monoisotopic (exact) mass is 338 g/mol. The highest BCUT2D eigenvalue weighted by Gasteiger charge is 2.15. The van der Waals surface area contributed by atoms with Crippen molar-refractivity contribution in [2.45, 2.75) is 23.8 Å². The van der Waals surface area contributed by atoms with Gasteiger partial charge < -0.3 is 4.42 Å². The van der Waals surface area contributed by atoms with Crippen molar-refractivity contribution in [1.82, 2.24) is 4.98 Å². The van der Waals surface area contributed by atoms with Crippen LogP contribution in [0.15, 0.2) is 64.4 Å². The van der Waals surface area contributed by atoms with Gasteiger partial charge in [-0.3, -0.25) is 0 Å². The Balaban J connectivity index is 1.69. The summed E-state index contributed by atoms with van der Waals surface area (Å²) in [5.41, 5.74) is 3.05. The number of aromatic nitrogens is 1. The Morgan fingerprint density at radius 3 is 2.54 bits per heavy atom. The molecule has 0 amide bonds. The molecule has 120 valence electrons. The number of benzene rings is 2. The van der Waals surface area contributed by atoms with E-state index in [1.54, 1.807) is 18.3 Å². The van der Waals surface area contributed by atoms with Gasteiger partial charge in [0, 0.05) is 5.56 Å². The molecule has 2 aromatic carbocycles. The number of oxazole rings is 1. The normalized spacial score (nSPS) is 11.9. The standard InChI is InChI=1S/C19H15FN2OS/c1-13-2-4-14(5-3-13)10-17(11-21)24-19-22-12-18(23-19)15-6-8-16(20)9-7-15/h2-9,12,17H,10H2,1H3. The van der Waals surface area contributed by atoms with Gasteiger partial charge in [0.2, 0.25) is 0 Å². The van der Waals surface area contributed by atoms with E-state index < -0.39 is 0 Å². The minimum absolute atomic E-state index is 0.285. The number of nitriles is 1. The average Bonchev–Trinajstić information content (AvgIpc) is 3.05. The Labute approximate surface area is 144 Å². The van der Waals surface area contributed by atoms with Gasteiger partial charge in [-0.1, -0.05) is 29.8 Å². The van der Waals surface area contributed by atoms with Crippen LogP contribution >= 0.6 is 11.8 Å². The molecule has 0 aliphatic rings. The molecular weight excluding hydrogens is 323 g/mol. The quantitative estimate of drug-likeness (QED) is 0.613. The molecule has 3 rings (SSSR count). The second-order valence-electron chi connectivity index (χ2n) is 5.42. The van der Waals surface area contributed by atoms with E-state index in [-0.39, 0.29) is 11.1 Å². The lowest BCUT2D eigenvalue weighted by molar-refractivity contribution is 0.465. The Morgan fingerprint density at radius 1 is 1.17 bits per heavy atom. The molecule has 0 fully saturated rings. The maximum absolute atomic E-state index is 13.0. The molecule has 1 atom stereocenters. The summed E-state index contributed by atoms with van der Waals surface area (Å²) in [6.45, 7) is 2.03. The lowest BCUT2D eigenvalue weighted by atomic mass is 10.1. The molecule has 24 heavy (non-hydrogen) atoms. The van der Waals surface area contributed by atoms with Crippen molar-refractivity contribution in [1.29, 1.82) is 5.26 Å². The number of aryl methyl sites for hydroxylation is 1. The summed E-state index contributed by atoms with van der Waals surface area (Å²) in [5.74, 6) is 0.264. The summed E-state index contributed by atoms with van der Waals surface area (Å²) in [6, 6.07) is 16.4. The van der Waals surface area contributed by atoms with Crippen molar-refractivity contribution in [3.63, 3.8) is 0 Å². The maximum atomic E-state index is 13.0. The molecule has 1 aromatic heterocycles. The highest BCUT2D eigenvalue weighted by Crippen LogP contribution is 2.29. The number of thioether (sulfide) groups is 1. The number of rotatable bonds is 5. The second kappa shape index (κ2) is 7.33. The molecular formula is C19H15FN2OS. The minimum atomic E-state index is -0.296. The zero-order valence-electron chi connectivity index (χ0n) is 13.1. The van der Waals surface area contributed by atoms with Crippen LogP contribution in [0.5, 0.6) is 0 Å². The third-order valence-corrected chi connectivity index (χ3v) is 4.49. The third kappa shape index (κ3) is 4.03. The van der Waals surface area contributed by atoms with E-state index in [1.807, 2.05) is 31.2 Å². The van der Waals surface area contributed by atoms with Gasteiger partial charge in [-0.2, -0.15) is 5.26 Å². The minimum Gasteiger partial charge on any atom is -0.431 e. The highest BCUT2D eigenvalue weighted by molar-refractivity contribution is 7.99. The van der Waals surface area contributed by atoms with Gasteiger partial charge in [-0.05, 0) is 54.9 Å². The van der Waals surface area contributed by atoms with Gasteiger partial charge in [0.05, 0.1) is 12.3 Å². The molecule has 0 aliphatic carbocycles. The predicted octanol–water partition coefficient (Wildman–Crippen LogP) is 5.02. The van der Waals surface area contributed by atoms with Crippen molar-refractivity contribution in [2.24, 2.45) is 0 Å². The number of nitrogens with zero attached hydrogens (tertiary/aromatic N) is 2. The van der Waals surface area contributed by atoms with Crippen LogP contribution in [0.4, 0.5) is 4.39 Å². The van der Waals surface area contributed by atoms with Crippen LogP contribution in [-0.2, 0) is 6.42 Å². The molecule has 0 radical (unpaired) electrons. The largest absolute Gasteiger partial charge is 0.431 e. The summed E-state index contributed by atoms with van der Waals surface area (Å²) in [5, 5.41) is 9.53. The van der Waals surface area contributed by atoms with Gasteiger partial charge >= 0.3 is 0 Å². The smallest absolute Gasteiger partial charge is 0.257 e. The Kier molecular flexibility index (Phi) is 4.97. The van der Waals surface area contributed by atoms with Crippen molar-refractivity contribution < 1.29 is 8.81 Å². The van der Waals surface area contributed by atoms with E-state index >= 15 is 0 Å². The van der Waals surface area contributed by atoms with Crippen LogP contribution < -0.4 is 0 Å². The topological polar surface area (TPSA) is 49.8 Å². The summed E-state index contributed by atoms with van der Waals surface area (Å²) >= 11 is 1.29. The van der Waals surface area contributed by atoms with Crippen molar-refractivity contribution in [2.75, 3.05) is 0 Å². The number of hydrogen-bond donors (Lipinski definition) is 0. The third-order valence-electron chi connectivity index (χ3n) is 3.54. The average molecular weight is 338 g/mol. The first-order valence-corrected chi connectivity index (χ1v) is 8.35. The first-order chi connectivity index (χ1) is 11.6. The van der Waals surface area contributed by atoms with E-state index in [2.05, 4.69) is 11.1 Å². The van der Waals surface area contributed by atoms with Crippen LogP contribution in [0.25, 0.3) is 11.3 Å². The molecule has 0 aliphatic heterocycles. The predicted molar refractivity (Wildman–Crippen MR) is 92.0 cm³/mol. The van der Waals surface area contributed by atoms with Crippen LogP contribution in [0.1, 0.15) is 11.1 Å². The molecule has 0 bridgehead atoms. The van der Waals surface area contributed by atoms with E-state index in [0.717, 1.165) is 11.1 Å². The fraction of sp³-hybridized carbons (Fsp3) is 0.158. The van der Waals surface area contributed by atoms with Crippen LogP contribution in [-0.4, -0.2) is 10.2 Å². The van der Waals surface area contributed by atoms with E-state index in [4.69, 9.17) is 4.42 Å². The van der Waals surface area contributed by atoms with E-state index in [1.165, 1.54) is 29.5 Å². The zero-order chi connectivity index (χ0) is 16.9. The Hall–Kier alpha value is -2.58. The number of halogens is 1. The van der Waals surface area contributed by atoms with E-state index in [9.17, 15) is 9.65 Å². The summed E-state index contributed by atoms with van der Waals surface area (Å²) in [4.78, 5) is 4.21. The maximum Gasteiger partial charge on any atom is 0.257 e. The molecule has 1 heterocycles. The summed E-state index contributed by atoms with van der Waals surface area (Å²) in [6.07, 6.45) is 2.21. The SMILES string of the molecule is Cc1ccc(CC(C#N)Sc2ncc(-c3ccc(F)cc3)o2)cc1. The van der Waals surface area contributed by atoms with Crippen LogP contribution in [0.3, 0.4) is 0 Å².